The second-order valence-electron chi connectivity index (χ2n) is 7.94. The summed E-state index contributed by atoms with van der Waals surface area (Å²) in [5.41, 5.74) is 4.45. The topological polar surface area (TPSA) is 65.3 Å². The van der Waals surface area contributed by atoms with Gasteiger partial charge in [0.2, 0.25) is 0 Å². The van der Waals surface area contributed by atoms with E-state index in [1.165, 1.54) is 5.56 Å². The van der Waals surface area contributed by atoms with E-state index in [1.54, 1.807) is 14.2 Å². The number of hydrogen-bond acceptors (Lipinski definition) is 5. The highest BCUT2D eigenvalue weighted by Gasteiger charge is 2.25. The molecule has 4 aromatic rings. The predicted molar refractivity (Wildman–Crippen MR) is 124 cm³/mol. The van der Waals surface area contributed by atoms with Crippen molar-refractivity contribution in [3.63, 3.8) is 0 Å². The quantitative estimate of drug-likeness (QED) is 0.448. The van der Waals surface area contributed by atoms with Gasteiger partial charge >= 0.3 is 0 Å². The normalized spacial score (nSPS) is 13.0. The fourth-order valence-electron chi connectivity index (χ4n) is 4.20. The van der Waals surface area contributed by atoms with Gasteiger partial charge in [0.25, 0.3) is 5.91 Å². The Morgan fingerprint density at radius 2 is 1.73 bits per heavy atom. The molecule has 0 N–H and O–H groups in total. The molecule has 0 aliphatic carbocycles. The van der Waals surface area contributed by atoms with Crippen LogP contribution >= 0.6 is 0 Å². The Hall–Kier alpha value is -4.00. The number of amides is 1. The lowest BCUT2D eigenvalue weighted by Crippen LogP contribution is -2.36. The molecule has 0 radical (unpaired) electrons. The van der Waals surface area contributed by atoms with Crippen LogP contribution < -0.4 is 14.2 Å². The summed E-state index contributed by atoms with van der Waals surface area (Å²) < 4.78 is 18.8. The highest BCUT2D eigenvalue weighted by molar-refractivity contribution is 5.97. The number of hydrogen-bond donors (Lipinski definition) is 0. The van der Waals surface area contributed by atoms with Crippen LogP contribution in [-0.4, -0.2) is 41.0 Å². The van der Waals surface area contributed by atoms with Crippen molar-refractivity contribution >= 4 is 11.6 Å². The molecule has 168 valence electrons. The first-order chi connectivity index (χ1) is 16.2. The van der Waals surface area contributed by atoms with E-state index in [1.807, 2.05) is 76.3 Å². The molecule has 1 aliphatic rings. The van der Waals surface area contributed by atoms with Crippen LogP contribution in [-0.2, 0) is 19.6 Å². The molecule has 0 saturated heterocycles. The van der Waals surface area contributed by atoms with Gasteiger partial charge in [0.1, 0.15) is 18.0 Å². The van der Waals surface area contributed by atoms with E-state index in [4.69, 9.17) is 14.2 Å². The van der Waals surface area contributed by atoms with E-state index in [9.17, 15) is 4.79 Å². The van der Waals surface area contributed by atoms with Gasteiger partial charge in [-0.1, -0.05) is 18.2 Å². The lowest BCUT2D eigenvalue weighted by Gasteiger charge is -2.30. The molecule has 0 spiro atoms. The van der Waals surface area contributed by atoms with Crippen molar-refractivity contribution in [1.82, 2.24) is 14.3 Å². The lowest BCUT2D eigenvalue weighted by atomic mass is 9.98. The number of methoxy groups -OCH3 is 2. The third-order valence-corrected chi connectivity index (χ3v) is 5.91. The van der Waals surface area contributed by atoms with Crippen LogP contribution in [0.4, 0.5) is 0 Å². The van der Waals surface area contributed by atoms with Crippen molar-refractivity contribution < 1.29 is 19.0 Å². The van der Waals surface area contributed by atoms with Crippen LogP contribution in [0.15, 0.2) is 67.0 Å². The molecule has 7 nitrogen and oxygen atoms in total. The van der Waals surface area contributed by atoms with Crippen LogP contribution in [0, 0.1) is 0 Å². The summed E-state index contributed by atoms with van der Waals surface area (Å²) in [5, 5.41) is 0. The number of benzene rings is 2. The molecule has 0 unspecified atom stereocenters. The highest BCUT2D eigenvalue weighted by Crippen LogP contribution is 2.34. The van der Waals surface area contributed by atoms with Gasteiger partial charge in [-0.2, -0.15) is 0 Å². The molecule has 33 heavy (non-hydrogen) atoms. The van der Waals surface area contributed by atoms with Crippen LogP contribution in [0.3, 0.4) is 0 Å². The number of pyridine rings is 1. The van der Waals surface area contributed by atoms with Crippen LogP contribution in [0.1, 0.15) is 27.2 Å². The molecule has 7 heteroatoms. The first-order valence-corrected chi connectivity index (χ1v) is 10.8. The van der Waals surface area contributed by atoms with Crippen molar-refractivity contribution in [1.29, 1.82) is 0 Å². The maximum atomic E-state index is 13.4. The van der Waals surface area contributed by atoms with Crippen molar-refractivity contribution in [2.24, 2.45) is 0 Å². The summed E-state index contributed by atoms with van der Waals surface area (Å²) in [5.74, 6) is 1.88. The summed E-state index contributed by atoms with van der Waals surface area (Å²) >= 11 is 0. The maximum absolute atomic E-state index is 13.4. The Labute approximate surface area is 192 Å². The fourth-order valence-corrected chi connectivity index (χ4v) is 4.20. The standard InChI is InChI=1S/C26H25N3O4/c1-31-23-13-18-10-12-29(15-19(18)14-24(23)32-2)26(30)21-7-3-4-8-22(21)33-17-20-16-28-11-6-5-9-25(28)27-20/h3-9,11,13-14,16H,10,12,15,17H2,1-2H3. The Morgan fingerprint density at radius 3 is 2.52 bits per heavy atom. The van der Waals surface area contributed by atoms with E-state index in [-0.39, 0.29) is 12.5 Å². The van der Waals surface area contributed by atoms with Gasteiger partial charge < -0.3 is 23.5 Å². The number of carbonyl (C=O) groups is 1. The molecule has 3 heterocycles. The molecule has 0 bridgehead atoms. The smallest absolute Gasteiger partial charge is 0.257 e. The molecular weight excluding hydrogens is 418 g/mol. The molecule has 2 aromatic carbocycles. The van der Waals surface area contributed by atoms with Gasteiger partial charge in [0, 0.05) is 25.5 Å². The zero-order valence-electron chi connectivity index (χ0n) is 18.7. The summed E-state index contributed by atoms with van der Waals surface area (Å²) in [6.45, 7) is 1.42. The second kappa shape index (κ2) is 8.86. The third-order valence-electron chi connectivity index (χ3n) is 5.91. The molecule has 0 saturated carbocycles. The highest BCUT2D eigenvalue weighted by atomic mass is 16.5. The number of rotatable bonds is 6. The molecule has 1 aliphatic heterocycles. The minimum absolute atomic E-state index is 0.0546. The summed E-state index contributed by atoms with van der Waals surface area (Å²) in [6, 6.07) is 17.2. The monoisotopic (exact) mass is 443 g/mol. The number of fused-ring (bicyclic) bond motifs is 2. The Morgan fingerprint density at radius 1 is 0.970 bits per heavy atom. The van der Waals surface area contributed by atoms with Gasteiger partial charge in [0.05, 0.1) is 25.5 Å². The second-order valence-corrected chi connectivity index (χ2v) is 7.94. The average Bonchev–Trinajstić information content (AvgIpc) is 3.29. The van der Waals surface area contributed by atoms with Gasteiger partial charge in [-0.3, -0.25) is 4.79 Å². The Balaban J connectivity index is 1.34. The third kappa shape index (κ3) is 4.09. The molecule has 1 amide bonds. The van der Waals surface area contributed by atoms with Crippen molar-refractivity contribution in [3.05, 3.63) is 89.4 Å². The number of para-hydroxylation sites is 1. The minimum atomic E-state index is -0.0546. The van der Waals surface area contributed by atoms with Gasteiger partial charge in [-0.15, -0.1) is 0 Å². The molecule has 0 atom stereocenters. The Kier molecular flexibility index (Phi) is 5.60. The van der Waals surface area contributed by atoms with E-state index in [2.05, 4.69) is 4.98 Å². The number of aromatic nitrogens is 2. The van der Waals surface area contributed by atoms with Crippen molar-refractivity contribution in [2.75, 3.05) is 20.8 Å². The molecule has 0 fully saturated rings. The SMILES string of the molecule is COc1cc2c(cc1OC)CN(C(=O)c1ccccc1OCc1cn3ccccc3n1)CC2. The first kappa shape index (κ1) is 20.9. The van der Waals surface area contributed by atoms with Gasteiger partial charge in [0.15, 0.2) is 11.5 Å². The summed E-state index contributed by atoms with van der Waals surface area (Å²) in [7, 11) is 3.25. The number of carbonyl (C=O) groups excluding carboxylic acids is 1. The summed E-state index contributed by atoms with van der Waals surface area (Å²) in [4.78, 5) is 19.8. The maximum Gasteiger partial charge on any atom is 0.257 e. The van der Waals surface area contributed by atoms with Gasteiger partial charge in [-0.05, 0) is 53.9 Å². The van der Waals surface area contributed by atoms with E-state index in [0.717, 1.165) is 23.3 Å². The number of ether oxygens (including phenoxy) is 3. The number of imidazole rings is 1. The molecule has 5 rings (SSSR count). The zero-order chi connectivity index (χ0) is 22.8. The Bertz CT molecular complexity index is 1280. The molecular formula is C26H25N3O4. The van der Waals surface area contributed by atoms with Crippen molar-refractivity contribution in [2.45, 2.75) is 19.6 Å². The van der Waals surface area contributed by atoms with Crippen LogP contribution in [0.25, 0.3) is 5.65 Å². The van der Waals surface area contributed by atoms with E-state index < -0.39 is 0 Å². The average molecular weight is 444 g/mol. The number of nitrogens with zero attached hydrogens (tertiary/aromatic N) is 3. The lowest BCUT2D eigenvalue weighted by molar-refractivity contribution is 0.0729. The summed E-state index contributed by atoms with van der Waals surface area (Å²) in [6.07, 6.45) is 4.64. The van der Waals surface area contributed by atoms with Crippen LogP contribution in [0.5, 0.6) is 17.2 Å². The zero-order valence-corrected chi connectivity index (χ0v) is 18.7. The predicted octanol–water partition coefficient (Wildman–Crippen LogP) is 4.13. The van der Waals surface area contributed by atoms with E-state index >= 15 is 0 Å². The molecule has 2 aromatic heterocycles. The minimum Gasteiger partial charge on any atom is -0.493 e. The fraction of sp³-hybridized carbons (Fsp3) is 0.231. The van der Waals surface area contributed by atoms with Gasteiger partial charge in [-0.25, -0.2) is 4.98 Å². The first-order valence-electron chi connectivity index (χ1n) is 10.8. The largest absolute Gasteiger partial charge is 0.493 e. The van der Waals surface area contributed by atoms with E-state index in [0.29, 0.717) is 35.9 Å². The van der Waals surface area contributed by atoms with Crippen LogP contribution in [0.2, 0.25) is 0 Å². The van der Waals surface area contributed by atoms with Crippen molar-refractivity contribution in [3.8, 4) is 17.2 Å².